The Balaban J connectivity index is 1.83. The molecule has 1 saturated heterocycles. The minimum absolute atomic E-state index is 0.418. The number of benzene rings is 1. The van der Waals surface area contributed by atoms with Gasteiger partial charge in [-0.05, 0) is 12.8 Å². The van der Waals surface area contributed by atoms with Gasteiger partial charge in [-0.15, -0.1) is 0 Å². The molecule has 2 heterocycles. The molecule has 2 aromatic rings. The Hall–Kier alpha value is -1.61. The molecule has 1 aliphatic heterocycles. The van der Waals surface area contributed by atoms with E-state index in [1.165, 1.54) is 0 Å². The zero-order valence-corrected chi connectivity index (χ0v) is 9.63. The van der Waals surface area contributed by atoms with Crippen LogP contribution in [0.1, 0.15) is 24.7 Å². The number of aromatic nitrogens is 1. The summed E-state index contributed by atoms with van der Waals surface area (Å²) >= 11 is 0. The summed E-state index contributed by atoms with van der Waals surface area (Å²) in [6.07, 6.45) is 3.77. The van der Waals surface area contributed by atoms with Crippen LogP contribution in [-0.4, -0.2) is 18.2 Å². The van der Waals surface area contributed by atoms with Crippen LogP contribution in [0, 0.1) is 0 Å². The fourth-order valence-corrected chi connectivity index (χ4v) is 2.16. The number of oxazole rings is 1. The van der Waals surface area contributed by atoms with Gasteiger partial charge in [-0.25, -0.2) is 4.98 Å². The molecule has 0 spiro atoms. The molecule has 0 bridgehead atoms. The highest BCUT2D eigenvalue weighted by molar-refractivity contribution is 5.57. The van der Waals surface area contributed by atoms with Crippen molar-refractivity contribution >= 4 is 0 Å². The van der Waals surface area contributed by atoms with Crippen molar-refractivity contribution in [2.24, 2.45) is 0 Å². The second kappa shape index (κ2) is 4.72. The summed E-state index contributed by atoms with van der Waals surface area (Å²) in [5.74, 6) is 1.27. The van der Waals surface area contributed by atoms with Crippen molar-refractivity contribution in [2.45, 2.75) is 18.8 Å². The van der Waals surface area contributed by atoms with Gasteiger partial charge in [-0.1, -0.05) is 30.3 Å². The first-order valence-corrected chi connectivity index (χ1v) is 6.02. The first-order valence-electron chi connectivity index (χ1n) is 6.02. The second-order valence-corrected chi connectivity index (χ2v) is 4.32. The van der Waals surface area contributed by atoms with Crippen LogP contribution in [0.3, 0.4) is 0 Å². The average Bonchev–Trinajstić information content (AvgIpc) is 2.90. The van der Waals surface area contributed by atoms with Gasteiger partial charge >= 0.3 is 0 Å². The highest BCUT2D eigenvalue weighted by Gasteiger charge is 2.20. The van der Waals surface area contributed by atoms with Crippen LogP contribution in [0.5, 0.6) is 0 Å². The van der Waals surface area contributed by atoms with Crippen LogP contribution in [0.25, 0.3) is 11.3 Å². The van der Waals surface area contributed by atoms with E-state index < -0.39 is 0 Å². The molecule has 0 amide bonds. The molecular formula is C14H15NO2. The lowest BCUT2D eigenvalue weighted by Gasteiger charge is -2.18. The maximum atomic E-state index is 5.59. The minimum Gasteiger partial charge on any atom is -0.448 e. The Morgan fingerprint density at radius 3 is 2.59 bits per heavy atom. The molecule has 0 atom stereocenters. The van der Waals surface area contributed by atoms with Crippen LogP contribution in [0.4, 0.5) is 0 Å². The van der Waals surface area contributed by atoms with Crippen LogP contribution in [0.15, 0.2) is 41.0 Å². The van der Waals surface area contributed by atoms with Gasteiger partial charge in [-0.3, -0.25) is 0 Å². The van der Waals surface area contributed by atoms with E-state index in [1.807, 2.05) is 30.3 Å². The van der Waals surface area contributed by atoms with E-state index in [1.54, 1.807) is 6.26 Å². The van der Waals surface area contributed by atoms with E-state index in [0.717, 1.165) is 43.2 Å². The lowest BCUT2D eigenvalue weighted by molar-refractivity contribution is 0.0794. The summed E-state index contributed by atoms with van der Waals surface area (Å²) in [4.78, 5) is 4.58. The first kappa shape index (κ1) is 10.5. The molecule has 3 rings (SSSR count). The number of hydrogen-bond acceptors (Lipinski definition) is 3. The molecule has 0 unspecified atom stereocenters. The van der Waals surface area contributed by atoms with Gasteiger partial charge < -0.3 is 9.15 Å². The van der Waals surface area contributed by atoms with Gasteiger partial charge in [0.25, 0.3) is 0 Å². The Bertz CT molecular complexity index is 472. The SMILES string of the molecule is c1ccc(-c2coc(C3CCOCC3)n2)cc1. The maximum absolute atomic E-state index is 5.59. The summed E-state index contributed by atoms with van der Waals surface area (Å²) in [5.41, 5.74) is 2.03. The van der Waals surface area contributed by atoms with Crippen LogP contribution in [-0.2, 0) is 4.74 Å². The number of rotatable bonds is 2. The number of ether oxygens (including phenoxy) is 1. The molecule has 88 valence electrons. The number of nitrogens with zero attached hydrogens (tertiary/aromatic N) is 1. The average molecular weight is 229 g/mol. The highest BCUT2D eigenvalue weighted by atomic mass is 16.5. The Morgan fingerprint density at radius 1 is 1.06 bits per heavy atom. The van der Waals surface area contributed by atoms with Crippen LogP contribution < -0.4 is 0 Å². The molecule has 3 nitrogen and oxygen atoms in total. The molecule has 3 heteroatoms. The van der Waals surface area contributed by atoms with Gasteiger partial charge in [-0.2, -0.15) is 0 Å². The lowest BCUT2D eigenvalue weighted by atomic mass is 10.0. The van der Waals surface area contributed by atoms with Gasteiger partial charge in [0.05, 0.1) is 0 Å². The van der Waals surface area contributed by atoms with Gasteiger partial charge in [0.15, 0.2) is 5.89 Å². The lowest BCUT2D eigenvalue weighted by Crippen LogP contribution is -2.14. The van der Waals surface area contributed by atoms with Crippen molar-refractivity contribution in [2.75, 3.05) is 13.2 Å². The Morgan fingerprint density at radius 2 is 1.82 bits per heavy atom. The smallest absolute Gasteiger partial charge is 0.197 e. The topological polar surface area (TPSA) is 35.3 Å². The molecule has 1 aromatic carbocycles. The summed E-state index contributed by atoms with van der Waals surface area (Å²) in [7, 11) is 0. The minimum atomic E-state index is 0.418. The molecule has 1 aromatic heterocycles. The van der Waals surface area contributed by atoms with E-state index in [0.29, 0.717) is 5.92 Å². The van der Waals surface area contributed by atoms with Gasteiger partial charge in [0, 0.05) is 24.7 Å². The monoisotopic (exact) mass is 229 g/mol. The van der Waals surface area contributed by atoms with E-state index >= 15 is 0 Å². The standard InChI is InChI=1S/C14H15NO2/c1-2-4-11(5-3-1)13-10-17-14(15-13)12-6-8-16-9-7-12/h1-5,10,12H,6-9H2. The summed E-state index contributed by atoms with van der Waals surface area (Å²) < 4.78 is 10.9. The third-order valence-corrected chi connectivity index (χ3v) is 3.16. The summed E-state index contributed by atoms with van der Waals surface area (Å²) in [6.45, 7) is 1.63. The quantitative estimate of drug-likeness (QED) is 0.793. The Labute approximate surface area is 100 Å². The van der Waals surface area contributed by atoms with Crippen LogP contribution >= 0.6 is 0 Å². The molecule has 0 aliphatic carbocycles. The zero-order chi connectivity index (χ0) is 11.5. The predicted molar refractivity (Wildman–Crippen MR) is 64.7 cm³/mol. The van der Waals surface area contributed by atoms with Crippen LogP contribution in [0.2, 0.25) is 0 Å². The van der Waals surface area contributed by atoms with Crippen molar-refractivity contribution in [1.29, 1.82) is 0 Å². The fraction of sp³-hybridized carbons (Fsp3) is 0.357. The largest absolute Gasteiger partial charge is 0.448 e. The molecule has 0 radical (unpaired) electrons. The van der Waals surface area contributed by atoms with Gasteiger partial charge in [0.1, 0.15) is 12.0 Å². The van der Waals surface area contributed by atoms with Crippen molar-refractivity contribution in [3.05, 3.63) is 42.5 Å². The van der Waals surface area contributed by atoms with E-state index in [-0.39, 0.29) is 0 Å². The summed E-state index contributed by atoms with van der Waals surface area (Å²) in [5, 5.41) is 0. The maximum Gasteiger partial charge on any atom is 0.197 e. The molecule has 17 heavy (non-hydrogen) atoms. The highest BCUT2D eigenvalue weighted by Crippen LogP contribution is 2.28. The predicted octanol–water partition coefficient (Wildman–Crippen LogP) is 3.24. The third kappa shape index (κ3) is 2.24. The van der Waals surface area contributed by atoms with Crippen molar-refractivity contribution in [1.82, 2.24) is 4.98 Å². The molecule has 0 N–H and O–H groups in total. The third-order valence-electron chi connectivity index (χ3n) is 3.16. The molecule has 0 saturated carbocycles. The normalized spacial score (nSPS) is 17.2. The summed E-state index contributed by atoms with van der Waals surface area (Å²) in [6, 6.07) is 10.1. The van der Waals surface area contributed by atoms with E-state index in [4.69, 9.17) is 9.15 Å². The first-order chi connectivity index (χ1) is 8.43. The van der Waals surface area contributed by atoms with E-state index in [2.05, 4.69) is 4.98 Å². The molecular weight excluding hydrogens is 214 g/mol. The number of hydrogen-bond donors (Lipinski definition) is 0. The zero-order valence-electron chi connectivity index (χ0n) is 9.63. The van der Waals surface area contributed by atoms with E-state index in [9.17, 15) is 0 Å². The second-order valence-electron chi connectivity index (χ2n) is 4.32. The fourth-order valence-electron chi connectivity index (χ4n) is 2.16. The van der Waals surface area contributed by atoms with Crippen molar-refractivity contribution in [3.8, 4) is 11.3 Å². The van der Waals surface area contributed by atoms with Crippen molar-refractivity contribution in [3.63, 3.8) is 0 Å². The van der Waals surface area contributed by atoms with Crippen molar-refractivity contribution < 1.29 is 9.15 Å². The molecule has 1 fully saturated rings. The molecule has 1 aliphatic rings. The van der Waals surface area contributed by atoms with Gasteiger partial charge in [0.2, 0.25) is 0 Å². The Kier molecular flexibility index (Phi) is 2.92.